The molecule has 2 aliphatic rings. The Hall–Kier alpha value is -5.93. The molecule has 0 saturated heterocycles. The standard InChI is InChI=1S/C45H35N3/c1-5-13-32(14-6-1)36-21-23-46-42(28-36)40-25-38(26-41(27-40)43-29-37(22-24-47-43)33-15-7-2-8-16-33)39-30-44(34-17-9-3-10-18-34)48-45(31-39)35-19-11-4-12-20-35/h1-7,9-15,17-19,21-31,35H,8,16,20H2. The van der Waals surface area contributed by atoms with Gasteiger partial charge in [-0.05, 0) is 107 Å². The van der Waals surface area contributed by atoms with E-state index in [9.17, 15) is 0 Å². The SMILES string of the molecule is C1=CCCC(c2ccnc(-c3cc(-c4cc(-c5ccccc5)nc(C5C=CC=CC5)c4)cc(-c4cc(-c5ccccc5)ccn4)c3)c2)=C1. The molecule has 0 radical (unpaired) electrons. The third-order valence-electron chi connectivity index (χ3n) is 9.14. The number of pyridine rings is 3. The second kappa shape index (κ2) is 13.4. The van der Waals surface area contributed by atoms with Crippen molar-refractivity contribution in [1.29, 1.82) is 0 Å². The molecule has 1 unspecified atom stereocenters. The smallest absolute Gasteiger partial charge is 0.0711 e. The summed E-state index contributed by atoms with van der Waals surface area (Å²) in [6.07, 6.45) is 22.2. The van der Waals surface area contributed by atoms with Gasteiger partial charge in [0.1, 0.15) is 0 Å². The van der Waals surface area contributed by atoms with Crippen molar-refractivity contribution < 1.29 is 0 Å². The van der Waals surface area contributed by atoms with Crippen molar-refractivity contribution in [2.24, 2.45) is 0 Å². The van der Waals surface area contributed by atoms with Crippen LogP contribution in [0.25, 0.3) is 61.6 Å². The fourth-order valence-electron chi connectivity index (χ4n) is 6.59. The van der Waals surface area contributed by atoms with Crippen LogP contribution in [-0.4, -0.2) is 15.0 Å². The van der Waals surface area contributed by atoms with Crippen molar-refractivity contribution in [3.05, 3.63) is 181 Å². The molecular formula is C45H35N3. The van der Waals surface area contributed by atoms with Crippen LogP contribution >= 0.6 is 0 Å². The lowest BCUT2D eigenvalue weighted by Gasteiger charge is -2.17. The highest BCUT2D eigenvalue weighted by atomic mass is 14.7. The molecule has 3 heterocycles. The minimum atomic E-state index is 0.223. The summed E-state index contributed by atoms with van der Waals surface area (Å²) in [5.74, 6) is 0.223. The molecule has 0 fully saturated rings. The highest BCUT2D eigenvalue weighted by molar-refractivity contribution is 5.83. The number of hydrogen-bond donors (Lipinski definition) is 0. The molecule has 2 aliphatic carbocycles. The summed E-state index contributed by atoms with van der Waals surface area (Å²) in [6, 6.07) is 40.8. The van der Waals surface area contributed by atoms with Gasteiger partial charge in [0.25, 0.3) is 0 Å². The minimum absolute atomic E-state index is 0.223. The zero-order chi connectivity index (χ0) is 32.1. The maximum atomic E-state index is 5.20. The summed E-state index contributed by atoms with van der Waals surface area (Å²) in [4.78, 5) is 15.0. The van der Waals surface area contributed by atoms with Crippen LogP contribution in [0, 0.1) is 0 Å². The van der Waals surface area contributed by atoms with Gasteiger partial charge in [0, 0.05) is 40.7 Å². The van der Waals surface area contributed by atoms with Gasteiger partial charge in [-0.15, -0.1) is 0 Å². The van der Waals surface area contributed by atoms with Gasteiger partial charge in [-0.25, -0.2) is 0 Å². The minimum Gasteiger partial charge on any atom is -0.256 e. The lowest BCUT2D eigenvalue weighted by molar-refractivity contribution is 0.818. The Morgan fingerprint density at radius 2 is 1.12 bits per heavy atom. The van der Waals surface area contributed by atoms with Crippen LogP contribution in [0.5, 0.6) is 0 Å². The Bertz CT molecular complexity index is 2210. The van der Waals surface area contributed by atoms with E-state index in [0.29, 0.717) is 0 Å². The highest BCUT2D eigenvalue weighted by Gasteiger charge is 2.17. The molecule has 3 heteroatoms. The number of hydrogen-bond acceptors (Lipinski definition) is 3. The van der Waals surface area contributed by atoms with Crippen LogP contribution in [0.15, 0.2) is 170 Å². The fraction of sp³-hybridized carbons (Fsp3) is 0.0889. The third-order valence-corrected chi connectivity index (χ3v) is 9.14. The molecule has 48 heavy (non-hydrogen) atoms. The quantitative estimate of drug-likeness (QED) is 0.179. The van der Waals surface area contributed by atoms with Gasteiger partial charge >= 0.3 is 0 Å². The van der Waals surface area contributed by atoms with E-state index in [2.05, 4.69) is 152 Å². The lowest BCUT2D eigenvalue weighted by atomic mass is 9.91. The van der Waals surface area contributed by atoms with E-state index in [-0.39, 0.29) is 5.92 Å². The maximum Gasteiger partial charge on any atom is 0.0711 e. The highest BCUT2D eigenvalue weighted by Crippen LogP contribution is 2.37. The monoisotopic (exact) mass is 617 g/mol. The second-order valence-electron chi connectivity index (χ2n) is 12.4. The summed E-state index contributed by atoms with van der Waals surface area (Å²) in [7, 11) is 0. The summed E-state index contributed by atoms with van der Waals surface area (Å²) < 4.78 is 0. The van der Waals surface area contributed by atoms with Gasteiger partial charge in [-0.1, -0.05) is 103 Å². The van der Waals surface area contributed by atoms with Gasteiger partial charge in [0.2, 0.25) is 0 Å². The van der Waals surface area contributed by atoms with Crippen LogP contribution in [0.2, 0.25) is 0 Å². The van der Waals surface area contributed by atoms with Gasteiger partial charge in [0.15, 0.2) is 0 Å². The number of allylic oxidation sites excluding steroid dienone is 8. The lowest BCUT2D eigenvalue weighted by Crippen LogP contribution is -2.02. The summed E-state index contributed by atoms with van der Waals surface area (Å²) in [5, 5.41) is 0. The van der Waals surface area contributed by atoms with Gasteiger partial charge in [-0.3, -0.25) is 15.0 Å². The fourth-order valence-corrected chi connectivity index (χ4v) is 6.59. The van der Waals surface area contributed by atoms with Gasteiger partial charge < -0.3 is 0 Å². The normalized spacial score (nSPS) is 15.3. The predicted octanol–water partition coefficient (Wildman–Crippen LogP) is 11.5. The van der Waals surface area contributed by atoms with E-state index >= 15 is 0 Å². The molecular weight excluding hydrogens is 583 g/mol. The van der Waals surface area contributed by atoms with Crippen LogP contribution in [0.3, 0.4) is 0 Å². The molecule has 1 atom stereocenters. The van der Waals surface area contributed by atoms with E-state index in [1.807, 2.05) is 18.5 Å². The van der Waals surface area contributed by atoms with Crippen molar-refractivity contribution in [1.82, 2.24) is 15.0 Å². The Morgan fingerprint density at radius 3 is 1.81 bits per heavy atom. The summed E-state index contributed by atoms with van der Waals surface area (Å²) in [6.45, 7) is 0. The van der Waals surface area contributed by atoms with Crippen molar-refractivity contribution >= 4 is 5.57 Å². The first-order valence-electron chi connectivity index (χ1n) is 16.7. The van der Waals surface area contributed by atoms with Crippen LogP contribution in [0.1, 0.15) is 36.4 Å². The van der Waals surface area contributed by atoms with Crippen molar-refractivity contribution in [2.75, 3.05) is 0 Å². The zero-order valence-corrected chi connectivity index (χ0v) is 26.7. The first-order valence-corrected chi connectivity index (χ1v) is 16.7. The summed E-state index contributed by atoms with van der Waals surface area (Å²) in [5.41, 5.74) is 14.2. The number of nitrogens with zero attached hydrogens (tertiary/aromatic N) is 3. The molecule has 0 aliphatic heterocycles. The third kappa shape index (κ3) is 6.36. The van der Waals surface area contributed by atoms with Gasteiger partial charge in [-0.2, -0.15) is 0 Å². The van der Waals surface area contributed by atoms with Crippen molar-refractivity contribution in [2.45, 2.75) is 25.2 Å². The Morgan fingerprint density at radius 1 is 0.479 bits per heavy atom. The molecule has 3 nitrogen and oxygen atoms in total. The Kier molecular flexibility index (Phi) is 8.25. The van der Waals surface area contributed by atoms with E-state index in [1.165, 1.54) is 16.7 Å². The van der Waals surface area contributed by atoms with Crippen molar-refractivity contribution in [3.8, 4) is 56.0 Å². The number of aromatic nitrogens is 3. The molecule has 230 valence electrons. The molecule has 0 N–H and O–H groups in total. The van der Waals surface area contributed by atoms with E-state index in [1.54, 1.807) is 0 Å². The number of benzene rings is 3. The van der Waals surface area contributed by atoms with E-state index < -0.39 is 0 Å². The number of rotatable bonds is 7. The van der Waals surface area contributed by atoms with E-state index in [4.69, 9.17) is 15.0 Å². The molecule has 3 aromatic carbocycles. The maximum absolute atomic E-state index is 5.20. The first kappa shape index (κ1) is 29.5. The molecule has 0 bridgehead atoms. The zero-order valence-electron chi connectivity index (χ0n) is 26.7. The Balaban J connectivity index is 1.31. The average molecular weight is 618 g/mol. The topological polar surface area (TPSA) is 38.7 Å². The van der Waals surface area contributed by atoms with E-state index in [0.717, 1.165) is 75.4 Å². The predicted molar refractivity (Wildman–Crippen MR) is 199 cm³/mol. The molecule has 0 spiro atoms. The molecule has 6 aromatic rings. The largest absolute Gasteiger partial charge is 0.256 e. The van der Waals surface area contributed by atoms with Crippen LogP contribution in [0.4, 0.5) is 0 Å². The van der Waals surface area contributed by atoms with Crippen molar-refractivity contribution in [3.63, 3.8) is 0 Å². The summed E-state index contributed by atoms with van der Waals surface area (Å²) >= 11 is 0. The van der Waals surface area contributed by atoms with Gasteiger partial charge in [0.05, 0.1) is 17.1 Å². The van der Waals surface area contributed by atoms with Crippen LogP contribution in [-0.2, 0) is 0 Å². The second-order valence-corrected chi connectivity index (χ2v) is 12.4. The molecule has 8 rings (SSSR count). The molecule has 3 aromatic heterocycles. The molecule has 0 saturated carbocycles. The van der Waals surface area contributed by atoms with Crippen LogP contribution < -0.4 is 0 Å². The first-order chi connectivity index (χ1) is 23.8. The Labute approximate surface area is 282 Å². The average Bonchev–Trinajstić information content (AvgIpc) is 3.19. The molecule has 0 amide bonds.